The number of hydrogen-bond acceptors (Lipinski definition) is 6. The van der Waals surface area contributed by atoms with Gasteiger partial charge in [0.25, 0.3) is 0 Å². The van der Waals surface area contributed by atoms with E-state index in [9.17, 15) is 4.79 Å². The Balaban J connectivity index is 1.22. The number of nitrogens with zero attached hydrogens (tertiary/aromatic N) is 1. The van der Waals surface area contributed by atoms with Crippen LogP contribution in [0.5, 0.6) is 11.5 Å². The lowest BCUT2D eigenvalue weighted by Gasteiger charge is -2.36. The Morgan fingerprint density at radius 3 is 2.41 bits per heavy atom. The number of benzene rings is 3. The summed E-state index contributed by atoms with van der Waals surface area (Å²) in [6.07, 6.45) is 0.771. The van der Waals surface area contributed by atoms with Crippen LogP contribution < -0.4 is 19.7 Å². The number of aryl methyl sites for hydroxylation is 1. The molecular formula is C30H36N2O5. The molecule has 0 spiro atoms. The van der Waals surface area contributed by atoms with Crippen LogP contribution in [0.4, 0.5) is 5.69 Å². The number of nitrogens with one attached hydrogen (secondary N) is 1. The number of piperazine rings is 1. The molecule has 0 aliphatic carbocycles. The smallest absolute Gasteiger partial charge is 0.241 e. The van der Waals surface area contributed by atoms with E-state index in [1.807, 2.05) is 65.6 Å². The Morgan fingerprint density at radius 2 is 1.62 bits per heavy atom. The van der Waals surface area contributed by atoms with Gasteiger partial charge < -0.3 is 29.2 Å². The van der Waals surface area contributed by atoms with Gasteiger partial charge in [-0.1, -0.05) is 42.5 Å². The van der Waals surface area contributed by atoms with Crippen molar-refractivity contribution >= 4 is 11.6 Å². The average molecular weight is 505 g/mol. The van der Waals surface area contributed by atoms with Crippen molar-refractivity contribution in [2.45, 2.75) is 32.6 Å². The van der Waals surface area contributed by atoms with Crippen molar-refractivity contribution in [2.75, 3.05) is 44.9 Å². The molecule has 0 saturated carbocycles. The van der Waals surface area contributed by atoms with Crippen LogP contribution in [0.3, 0.4) is 0 Å². The number of hydrogen-bond donors (Lipinski definition) is 1. The molecule has 1 saturated heterocycles. The molecule has 196 valence electrons. The molecule has 3 aromatic carbocycles. The van der Waals surface area contributed by atoms with E-state index in [1.54, 1.807) is 7.11 Å². The van der Waals surface area contributed by atoms with Crippen molar-refractivity contribution in [3.63, 3.8) is 0 Å². The predicted molar refractivity (Wildman–Crippen MR) is 144 cm³/mol. The minimum absolute atomic E-state index is 0.0385. The number of methoxy groups -OCH3 is 1. The monoisotopic (exact) mass is 504 g/mol. The van der Waals surface area contributed by atoms with Gasteiger partial charge >= 0.3 is 0 Å². The number of rotatable bonds is 13. The van der Waals surface area contributed by atoms with Gasteiger partial charge in [-0.25, -0.2) is 0 Å². The van der Waals surface area contributed by atoms with Crippen molar-refractivity contribution in [2.24, 2.45) is 0 Å². The van der Waals surface area contributed by atoms with Gasteiger partial charge in [0.2, 0.25) is 5.91 Å². The van der Waals surface area contributed by atoms with Gasteiger partial charge in [-0.15, -0.1) is 0 Å². The molecule has 37 heavy (non-hydrogen) atoms. The normalized spacial score (nSPS) is 15.6. The van der Waals surface area contributed by atoms with E-state index in [0.717, 1.165) is 34.7 Å². The molecule has 1 aliphatic heterocycles. The lowest BCUT2D eigenvalue weighted by Crippen LogP contribution is -2.57. The average Bonchev–Trinajstić information content (AvgIpc) is 2.92. The third-order valence-corrected chi connectivity index (χ3v) is 6.39. The first-order chi connectivity index (χ1) is 18.2. The summed E-state index contributed by atoms with van der Waals surface area (Å²) in [7, 11) is 1.66. The van der Waals surface area contributed by atoms with Crippen LogP contribution in [0.25, 0.3) is 0 Å². The summed E-state index contributed by atoms with van der Waals surface area (Å²) in [6.45, 7) is 5.72. The van der Waals surface area contributed by atoms with Gasteiger partial charge in [0.1, 0.15) is 11.5 Å². The fraction of sp³-hybridized carbons (Fsp3) is 0.367. The number of carbonyl (C=O) groups is 1. The fourth-order valence-electron chi connectivity index (χ4n) is 4.35. The maximum atomic E-state index is 12.7. The van der Waals surface area contributed by atoms with Crippen molar-refractivity contribution in [1.29, 1.82) is 0 Å². The van der Waals surface area contributed by atoms with Gasteiger partial charge in [0.05, 0.1) is 52.7 Å². The minimum Gasteiger partial charge on any atom is -0.496 e. The van der Waals surface area contributed by atoms with Crippen LogP contribution in [0, 0.1) is 6.92 Å². The van der Waals surface area contributed by atoms with Crippen molar-refractivity contribution in [1.82, 2.24) is 5.32 Å². The maximum Gasteiger partial charge on any atom is 0.241 e. The van der Waals surface area contributed by atoms with Crippen LogP contribution in [0.15, 0.2) is 72.8 Å². The first-order valence-electron chi connectivity index (χ1n) is 12.7. The lowest BCUT2D eigenvalue weighted by molar-refractivity contribution is -0.119. The zero-order chi connectivity index (χ0) is 25.9. The second-order valence-electron chi connectivity index (χ2n) is 9.05. The predicted octanol–water partition coefficient (Wildman–Crippen LogP) is 4.51. The standard InChI is InChI=1S/C30H36N2O5/c1-23-8-3-4-9-24(23)20-36-22-27-18-31-19-30(33)32(27)26-12-14-28(15-13-26)37-17-7-16-35-21-25-10-5-6-11-29(25)34-2/h3-6,8-15,27,31H,7,16-22H2,1-2H3/t27-/m1/s1. The van der Waals surface area contributed by atoms with E-state index in [0.29, 0.717) is 46.1 Å². The Morgan fingerprint density at radius 1 is 0.892 bits per heavy atom. The first kappa shape index (κ1) is 26.7. The van der Waals surface area contributed by atoms with Crippen LogP contribution in [-0.4, -0.2) is 52.0 Å². The quantitative estimate of drug-likeness (QED) is 0.346. The molecule has 4 rings (SSSR count). The zero-order valence-electron chi connectivity index (χ0n) is 21.7. The van der Waals surface area contributed by atoms with E-state index in [4.69, 9.17) is 18.9 Å². The SMILES string of the molecule is COc1ccccc1COCCCOc1ccc(N2C(=O)CNC[C@@H]2COCc2ccccc2C)cc1. The summed E-state index contributed by atoms with van der Waals surface area (Å²) >= 11 is 0. The molecule has 1 atom stereocenters. The lowest BCUT2D eigenvalue weighted by atomic mass is 10.1. The Bertz CT molecular complexity index is 1130. The largest absolute Gasteiger partial charge is 0.496 e. The highest BCUT2D eigenvalue weighted by atomic mass is 16.5. The molecule has 0 bridgehead atoms. The Labute approximate surface area is 219 Å². The summed E-state index contributed by atoms with van der Waals surface area (Å²) in [5.41, 5.74) is 4.25. The van der Waals surface area contributed by atoms with Gasteiger partial charge in [-0.05, 0) is 48.4 Å². The molecule has 1 heterocycles. The molecule has 3 aromatic rings. The highest BCUT2D eigenvalue weighted by molar-refractivity contribution is 5.96. The molecule has 0 radical (unpaired) electrons. The number of amides is 1. The maximum absolute atomic E-state index is 12.7. The molecule has 0 aromatic heterocycles. The van der Waals surface area contributed by atoms with Crippen molar-refractivity contribution in [3.05, 3.63) is 89.5 Å². The number of carbonyl (C=O) groups excluding carboxylic acids is 1. The summed E-state index contributed by atoms with van der Waals surface area (Å²) in [4.78, 5) is 14.6. The van der Waals surface area contributed by atoms with Crippen LogP contribution >= 0.6 is 0 Å². The van der Waals surface area contributed by atoms with Gasteiger partial charge in [0.15, 0.2) is 0 Å². The molecule has 1 fully saturated rings. The number of anilines is 1. The summed E-state index contributed by atoms with van der Waals surface area (Å²) < 4.78 is 23.0. The summed E-state index contributed by atoms with van der Waals surface area (Å²) in [5, 5.41) is 3.20. The summed E-state index contributed by atoms with van der Waals surface area (Å²) in [6, 6.07) is 23.7. The zero-order valence-corrected chi connectivity index (χ0v) is 21.7. The molecule has 0 unspecified atom stereocenters. The van der Waals surface area contributed by atoms with Crippen LogP contribution in [0.1, 0.15) is 23.1 Å². The van der Waals surface area contributed by atoms with E-state index >= 15 is 0 Å². The molecule has 7 heteroatoms. The van der Waals surface area contributed by atoms with Crippen molar-refractivity contribution in [3.8, 4) is 11.5 Å². The van der Waals surface area contributed by atoms with Gasteiger partial charge in [-0.3, -0.25) is 4.79 Å². The third-order valence-electron chi connectivity index (χ3n) is 6.39. The fourth-order valence-corrected chi connectivity index (χ4v) is 4.35. The Kier molecular flexibility index (Phi) is 9.94. The highest BCUT2D eigenvalue weighted by Crippen LogP contribution is 2.24. The van der Waals surface area contributed by atoms with Gasteiger partial charge in [-0.2, -0.15) is 0 Å². The number of para-hydroxylation sites is 1. The van der Waals surface area contributed by atoms with E-state index in [2.05, 4.69) is 24.4 Å². The molecular weight excluding hydrogens is 468 g/mol. The topological polar surface area (TPSA) is 69.3 Å². The van der Waals surface area contributed by atoms with Crippen LogP contribution in [0.2, 0.25) is 0 Å². The van der Waals surface area contributed by atoms with Gasteiger partial charge in [0, 0.05) is 24.2 Å². The third kappa shape index (κ3) is 7.55. The second-order valence-corrected chi connectivity index (χ2v) is 9.05. The molecule has 1 aliphatic rings. The summed E-state index contributed by atoms with van der Waals surface area (Å²) in [5.74, 6) is 1.64. The van der Waals surface area contributed by atoms with E-state index in [-0.39, 0.29) is 11.9 Å². The second kappa shape index (κ2) is 13.8. The van der Waals surface area contributed by atoms with Crippen molar-refractivity contribution < 1.29 is 23.7 Å². The first-order valence-corrected chi connectivity index (χ1v) is 12.7. The molecule has 7 nitrogen and oxygen atoms in total. The highest BCUT2D eigenvalue weighted by Gasteiger charge is 2.29. The Hall–Kier alpha value is -3.39. The van der Waals surface area contributed by atoms with E-state index < -0.39 is 0 Å². The van der Waals surface area contributed by atoms with E-state index in [1.165, 1.54) is 5.56 Å². The van der Waals surface area contributed by atoms with Crippen LogP contribution in [-0.2, 0) is 27.5 Å². The minimum atomic E-state index is -0.0718. The molecule has 1 amide bonds. The molecule has 1 N–H and O–H groups in total. The number of ether oxygens (including phenoxy) is 4.